The molecule has 1 aromatic heterocycles. The quantitative estimate of drug-likeness (QED) is 0.446. The largest absolute Gasteiger partial charge is 0.489 e. The van der Waals surface area contributed by atoms with Crippen molar-refractivity contribution in [3.63, 3.8) is 0 Å². The number of benzene rings is 3. The molecule has 3 aromatic carbocycles. The van der Waals surface area contributed by atoms with Gasteiger partial charge in [-0.2, -0.15) is 0 Å². The summed E-state index contributed by atoms with van der Waals surface area (Å²) in [6, 6.07) is 24.8. The molecule has 0 aliphatic carbocycles. The van der Waals surface area contributed by atoms with Crippen LogP contribution < -0.4 is 4.74 Å². The second-order valence-electron chi connectivity index (χ2n) is 6.28. The molecular formula is C23H18O3. The van der Waals surface area contributed by atoms with Crippen molar-refractivity contribution in [2.24, 2.45) is 0 Å². The highest BCUT2D eigenvalue weighted by molar-refractivity contribution is 6.09. The zero-order valence-electron chi connectivity index (χ0n) is 14.4. The lowest BCUT2D eigenvalue weighted by atomic mass is 10.1. The number of carbonyl (C=O) groups excluding carboxylic acids is 1. The van der Waals surface area contributed by atoms with Crippen molar-refractivity contribution in [2.75, 3.05) is 0 Å². The summed E-state index contributed by atoms with van der Waals surface area (Å²) in [5.74, 6) is 0.947. The van der Waals surface area contributed by atoms with Crippen LogP contribution in [0.5, 0.6) is 5.75 Å². The van der Waals surface area contributed by atoms with Gasteiger partial charge in [-0.05, 0) is 55.0 Å². The lowest BCUT2D eigenvalue weighted by Gasteiger charge is -2.06. The van der Waals surface area contributed by atoms with E-state index in [2.05, 4.69) is 0 Å². The van der Waals surface area contributed by atoms with E-state index in [-0.39, 0.29) is 5.78 Å². The molecular weight excluding hydrogens is 324 g/mol. The molecule has 0 aliphatic heterocycles. The van der Waals surface area contributed by atoms with Crippen molar-refractivity contribution >= 4 is 16.8 Å². The van der Waals surface area contributed by atoms with Gasteiger partial charge < -0.3 is 9.15 Å². The third kappa shape index (κ3) is 3.38. The van der Waals surface area contributed by atoms with Crippen LogP contribution in [0.3, 0.4) is 0 Å². The van der Waals surface area contributed by atoms with Gasteiger partial charge in [-0.1, -0.05) is 42.0 Å². The fourth-order valence-corrected chi connectivity index (χ4v) is 2.86. The number of hydrogen-bond acceptors (Lipinski definition) is 3. The molecule has 4 rings (SSSR count). The Morgan fingerprint density at radius 1 is 0.923 bits per heavy atom. The number of ketones is 1. The highest BCUT2D eigenvalue weighted by Gasteiger charge is 2.14. The number of aryl methyl sites for hydroxylation is 1. The monoisotopic (exact) mass is 342 g/mol. The Morgan fingerprint density at radius 2 is 1.69 bits per heavy atom. The second kappa shape index (κ2) is 6.89. The van der Waals surface area contributed by atoms with Crippen LogP contribution in [-0.4, -0.2) is 5.78 Å². The standard InChI is InChI=1S/C23H18O3/c1-16-7-12-21-19(13-16)14-22(26-21)23(24)18-8-10-20(11-9-18)25-15-17-5-3-2-4-6-17/h2-14H,15H2,1H3. The van der Waals surface area contributed by atoms with Crippen molar-refractivity contribution in [2.45, 2.75) is 13.5 Å². The van der Waals surface area contributed by atoms with Crippen LogP contribution in [0.1, 0.15) is 27.2 Å². The SMILES string of the molecule is Cc1ccc2oc(C(=O)c3ccc(OCc4ccccc4)cc3)cc2c1. The summed E-state index contributed by atoms with van der Waals surface area (Å²) < 4.78 is 11.5. The van der Waals surface area contributed by atoms with Gasteiger partial charge in [0.05, 0.1) is 0 Å². The zero-order chi connectivity index (χ0) is 17.9. The maximum Gasteiger partial charge on any atom is 0.228 e. The van der Waals surface area contributed by atoms with Crippen LogP contribution in [0.4, 0.5) is 0 Å². The smallest absolute Gasteiger partial charge is 0.228 e. The van der Waals surface area contributed by atoms with E-state index in [0.29, 0.717) is 17.9 Å². The molecule has 0 atom stereocenters. The molecule has 0 N–H and O–H groups in total. The van der Waals surface area contributed by atoms with E-state index in [1.165, 1.54) is 0 Å². The van der Waals surface area contributed by atoms with Crippen LogP contribution in [0.2, 0.25) is 0 Å². The number of fused-ring (bicyclic) bond motifs is 1. The Labute approximate surface area is 151 Å². The molecule has 0 aliphatic rings. The van der Waals surface area contributed by atoms with Gasteiger partial charge in [0.15, 0.2) is 5.76 Å². The fourth-order valence-electron chi connectivity index (χ4n) is 2.86. The molecule has 0 fully saturated rings. The zero-order valence-corrected chi connectivity index (χ0v) is 14.4. The van der Waals surface area contributed by atoms with E-state index in [0.717, 1.165) is 27.8 Å². The summed E-state index contributed by atoms with van der Waals surface area (Å²) >= 11 is 0. The van der Waals surface area contributed by atoms with Crippen LogP contribution in [0.25, 0.3) is 11.0 Å². The summed E-state index contributed by atoms with van der Waals surface area (Å²) in [6.07, 6.45) is 0. The van der Waals surface area contributed by atoms with Crippen LogP contribution in [0.15, 0.2) is 83.3 Å². The van der Waals surface area contributed by atoms with Crippen molar-refractivity contribution < 1.29 is 13.9 Å². The van der Waals surface area contributed by atoms with E-state index in [9.17, 15) is 4.79 Å². The van der Waals surface area contributed by atoms with E-state index >= 15 is 0 Å². The number of furan rings is 1. The van der Waals surface area contributed by atoms with E-state index < -0.39 is 0 Å². The predicted octanol–water partition coefficient (Wildman–Crippen LogP) is 5.55. The lowest BCUT2D eigenvalue weighted by molar-refractivity contribution is 0.101. The summed E-state index contributed by atoms with van der Waals surface area (Å²) in [4.78, 5) is 12.7. The summed E-state index contributed by atoms with van der Waals surface area (Å²) in [7, 11) is 0. The molecule has 4 aromatic rings. The number of carbonyl (C=O) groups is 1. The summed E-state index contributed by atoms with van der Waals surface area (Å²) in [5.41, 5.74) is 3.54. The average Bonchev–Trinajstić information content (AvgIpc) is 3.10. The molecule has 0 radical (unpaired) electrons. The molecule has 0 spiro atoms. The van der Waals surface area contributed by atoms with Crippen molar-refractivity contribution in [1.29, 1.82) is 0 Å². The minimum atomic E-state index is -0.131. The van der Waals surface area contributed by atoms with E-state index in [1.807, 2.05) is 67.6 Å². The molecule has 26 heavy (non-hydrogen) atoms. The Kier molecular flexibility index (Phi) is 4.28. The van der Waals surface area contributed by atoms with Crippen LogP contribution in [0, 0.1) is 6.92 Å². The molecule has 0 unspecified atom stereocenters. The lowest BCUT2D eigenvalue weighted by Crippen LogP contribution is -2.00. The number of rotatable bonds is 5. The van der Waals surface area contributed by atoms with Gasteiger partial charge >= 0.3 is 0 Å². The minimum Gasteiger partial charge on any atom is -0.489 e. The van der Waals surface area contributed by atoms with Gasteiger partial charge in [-0.25, -0.2) is 0 Å². The molecule has 3 heteroatoms. The highest BCUT2D eigenvalue weighted by Crippen LogP contribution is 2.23. The number of ether oxygens (including phenoxy) is 1. The van der Waals surface area contributed by atoms with Gasteiger partial charge in [0.1, 0.15) is 17.9 Å². The van der Waals surface area contributed by atoms with Gasteiger partial charge in [0.25, 0.3) is 0 Å². The molecule has 3 nitrogen and oxygen atoms in total. The first-order valence-corrected chi connectivity index (χ1v) is 8.51. The van der Waals surface area contributed by atoms with Gasteiger partial charge in [-0.15, -0.1) is 0 Å². The molecule has 0 amide bonds. The second-order valence-corrected chi connectivity index (χ2v) is 6.28. The Hall–Kier alpha value is -3.33. The van der Waals surface area contributed by atoms with Crippen molar-refractivity contribution in [3.8, 4) is 5.75 Å². The van der Waals surface area contributed by atoms with E-state index in [1.54, 1.807) is 18.2 Å². The minimum absolute atomic E-state index is 0.131. The predicted molar refractivity (Wildman–Crippen MR) is 102 cm³/mol. The van der Waals surface area contributed by atoms with Crippen LogP contribution in [-0.2, 0) is 6.61 Å². The first kappa shape index (κ1) is 16.2. The summed E-state index contributed by atoms with van der Waals surface area (Å²) in [5, 5.41) is 0.941. The average molecular weight is 342 g/mol. The molecule has 0 saturated carbocycles. The van der Waals surface area contributed by atoms with Crippen molar-refractivity contribution in [1.82, 2.24) is 0 Å². The Balaban J connectivity index is 1.49. The van der Waals surface area contributed by atoms with Crippen LogP contribution >= 0.6 is 0 Å². The third-order valence-electron chi connectivity index (χ3n) is 4.26. The van der Waals surface area contributed by atoms with Gasteiger partial charge in [-0.3, -0.25) is 4.79 Å². The third-order valence-corrected chi connectivity index (χ3v) is 4.26. The fraction of sp³-hybridized carbons (Fsp3) is 0.0870. The van der Waals surface area contributed by atoms with E-state index in [4.69, 9.17) is 9.15 Å². The number of hydrogen-bond donors (Lipinski definition) is 0. The van der Waals surface area contributed by atoms with Gasteiger partial charge in [0, 0.05) is 10.9 Å². The Morgan fingerprint density at radius 3 is 2.46 bits per heavy atom. The first-order chi connectivity index (χ1) is 12.7. The molecule has 0 bridgehead atoms. The maximum atomic E-state index is 12.7. The Bertz CT molecular complexity index is 1040. The molecule has 1 heterocycles. The maximum absolute atomic E-state index is 12.7. The topological polar surface area (TPSA) is 39.4 Å². The molecule has 0 saturated heterocycles. The van der Waals surface area contributed by atoms with Crippen molar-refractivity contribution in [3.05, 3.63) is 101 Å². The molecule has 128 valence electrons. The normalized spacial score (nSPS) is 10.8. The first-order valence-electron chi connectivity index (χ1n) is 8.51. The van der Waals surface area contributed by atoms with Gasteiger partial charge in [0.2, 0.25) is 5.78 Å². The highest BCUT2D eigenvalue weighted by atomic mass is 16.5. The summed E-state index contributed by atoms with van der Waals surface area (Å²) in [6.45, 7) is 2.51.